The van der Waals surface area contributed by atoms with Crippen LogP contribution in [0.2, 0.25) is 0 Å². The Morgan fingerprint density at radius 1 is 0.419 bits per heavy atom. The van der Waals surface area contributed by atoms with Crippen LogP contribution in [-0.2, 0) is 0 Å². The van der Waals surface area contributed by atoms with Crippen molar-refractivity contribution in [1.82, 2.24) is 9.80 Å². The fraction of sp³-hybridized carbons (Fsp3) is 0.931. The van der Waals surface area contributed by atoms with Gasteiger partial charge in [-0.15, -0.1) is 0 Å². The first kappa shape index (κ1) is 28.4. The molecule has 2 heteroatoms. The maximum atomic E-state index is 2.68. The number of hydrogen-bond donors (Lipinski definition) is 0. The first-order valence-corrected chi connectivity index (χ1v) is 14.5. The lowest BCUT2D eigenvalue weighted by Gasteiger charge is -2.33. The Bertz CT molecular complexity index is 392. The van der Waals surface area contributed by atoms with Crippen molar-refractivity contribution >= 4 is 0 Å². The van der Waals surface area contributed by atoms with Crippen molar-refractivity contribution in [3.05, 3.63) is 12.4 Å². The molecule has 0 aromatic heterocycles. The van der Waals surface area contributed by atoms with E-state index in [0.29, 0.717) is 6.17 Å². The zero-order valence-corrected chi connectivity index (χ0v) is 21.9. The van der Waals surface area contributed by atoms with Gasteiger partial charge in [-0.2, -0.15) is 0 Å². The van der Waals surface area contributed by atoms with Gasteiger partial charge >= 0.3 is 0 Å². The molecule has 1 rings (SSSR count). The lowest BCUT2D eigenvalue weighted by Crippen LogP contribution is -2.39. The molecule has 0 aromatic rings. The zero-order chi connectivity index (χ0) is 22.4. The second-order valence-corrected chi connectivity index (χ2v) is 10.1. The van der Waals surface area contributed by atoms with Crippen LogP contribution in [0.3, 0.4) is 0 Å². The molecule has 0 N–H and O–H groups in total. The van der Waals surface area contributed by atoms with Crippen LogP contribution < -0.4 is 0 Å². The molecule has 0 saturated heterocycles. The van der Waals surface area contributed by atoms with Gasteiger partial charge in [0.25, 0.3) is 0 Å². The number of hydrogen-bond acceptors (Lipinski definition) is 2. The van der Waals surface area contributed by atoms with Crippen LogP contribution in [0.5, 0.6) is 0 Å². The summed E-state index contributed by atoms with van der Waals surface area (Å²) < 4.78 is 0. The molecule has 0 bridgehead atoms. The van der Waals surface area contributed by atoms with Crippen molar-refractivity contribution in [2.75, 3.05) is 13.1 Å². The molecule has 0 saturated carbocycles. The minimum atomic E-state index is 0.644. The first-order valence-electron chi connectivity index (χ1n) is 14.5. The van der Waals surface area contributed by atoms with Gasteiger partial charge in [0.15, 0.2) is 0 Å². The molecule has 0 spiro atoms. The second kappa shape index (κ2) is 21.2. The van der Waals surface area contributed by atoms with Crippen LogP contribution in [0, 0.1) is 0 Å². The van der Waals surface area contributed by atoms with E-state index in [4.69, 9.17) is 0 Å². The summed E-state index contributed by atoms with van der Waals surface area (Å²) in [5.41, 5.74) is 0. The minimum absolute atomic E-state index is 0.644. The average Bonchev–Trinajstić information content (AvgIpc) is 3.16. The Morgan fingerprint density at radius 2 is 0.742 bits per heavy atom. The van der Waals surface area contributed by atoms with E-state index in [-0.39, 0.29) is 0 Å². The van der Waals surface area contributed by atoms with Gasteiger partial charge < -0.3 is 9.80 Å². The summed E-state index contributed by atoms with van der Waals surface area (Å²) in [5.74, 6) is 0. The van der Waals surface area contributed by atoms with Crippen molar-refractivity contribution in [3.63, 3.8) is 0 Å². The Hall–Kier alpha value is -0.660. The summed E-state index contributed by atoms with van der Waals surface area (Å²) in [7, 11) is 0. The predicted octanol–water partition coefficient (Wildman–Crippen LogP) is 9.65. The van der Waals surface area contributed by atoms with Crippen molar-refractivity contribution < 1.29 is 0 Å². The van der Waals surface area contributed by atoms with E-state index in [2.05, 4.69) is 43.0 Å². The van der Waals surface area contributed by atoms with Gasteiger partial charge in [-0.25, -0.2) is 0 Å². The number of rotatable bonds is 23. The highest BCUT2D eigenvalue weighted by atomic mass is 15.4. The molecule has 0 amide bonds. The van der Waals surface area contributed by atoms with Gasteiger partial charge in [0.1, 0.15) is 6.17 Å². The molecule has 0 fully saturated rings. The molecule has 0 radical (unpaired) electrons. The molecule has 2 nitrogen and oxygen atoms in total. The predicted molar refractivity (Wildman–Crippen MR) is 140 cm³/mol. The molecular formula is C29H58N2. The maximum Gasteiger partial charge on any atom is 0.101 e. The fourth-order valence-electron chi connectivity index (χ4n) is 4.95. The molecule has 31 heavy (non-hydrogen) atoms. The molecule has 1 atom stereocenters. The van der Waals surface area contributed by atoms with Crippen molar-refractivity contribution in [3.8, 4) is 0 Å². The molecule has 0 aliphatic carbocycles. The number of nitrogens with zero attached hydrogens (tertiary/aromatic N) is 2. The van der Waals surface area contributed by atoms with Gasteiger partial charge in [-0.1, -0.05) is 130 Å². The minimum Gasteiger partial charge on any atom is -0.356 e. The van der Waals surface area contributed by atoms with E-state index < -0.39 is 0 Å². The molecule has 184 valence electrons. The lowest BCUT2D eigenvalue weighted by molar-refractivity contribution is 0.135. The summed E-state index contributed by atoms with van der Waals surface area (Å²) in [4.78, 5) is 5.33. The van der Waals surface area contributed by atoms with E-state index in [1.165, 1.54) is 148 Å². The highest BCUT2D eigenvalue weighted by Crippen LogP contribution is 2.23. The molecule has 1 heterocycles. The Balaban J connectivity index is 2.21. The van der Waals surface area contributed by atoms with Crippen LogP contribution in [0.1, 0.15) is 156 Å². The van der Waals surface area contributed by atoms with Crippen LogP contribution >= 0.6 is 0 Å². The van der Waals surface area contributed by atoms with Crippen LogP contribution in [-0.4, -0.2) is 29.1 Å². The third-order valence-electron chi connectivity index (χ3n) is 7.07. The summed E-state index contributed by atoms with van der Waals surface area (Å²) in [5, 5.41) is 0. The molecule has 0 aromatic carbocycles. The maximum absolute atomic E-state index is 2.68. The van der Waals surface area contributed by atoms with Gasteiger partial charge in [0.05, 0.1) is 0 Å². The summed E-state index contributed by atoms with van der Waals surface area (Å²) >= 11 is 0. The largest absolute Gasteiger partial charge is 0.356 e. The van der Waals surface area contributed by atoms with Crippen molar-refractivity contribution in [1.29, 1.82) is 0 Å². The SMILES string of the molecule is CCCCCCCCCCCN1C=CN(CCCCC)C1CCCCCCCCCC. The quantitative estimate of drug-likeness (QED) is 0.148. The van der Waals surface area contributed by atoms with Crippen LogP contribution in [0.4, 0.5) is 0 Å². The van der Waals surface area contributed by atoms with E-state index in [1.54, 1.807) is 0 Å². The molecule has 1 unspecified atom stereocenters. The van der Waals surface area contributed by atoms with Crippen LogP contribution in [0.15, 0.2) is 12.4 Å². The Kier molecular flexibility index (Phi) is 19.4. The zero-order valence-electron chi connectivity index (χ0n) is 21.9. The van der Waals surface area contributed by atoms with Gasteiger partial charge in [0, 0.05) is 25.5 Å². The Morgan fingerprint density at radius 3 is 1.19 bits per heavy atom. The summed E-state index contributed by atoms with van der Waals surface area (Å²) in [6.07, 6.45) is 35.1. The third-order valence-corrected chi connectivity index (χ3v) is 7.07. The van der Waals surface area contributed by atoms with Crippen LogP contribution in [0.25, 0.3) is 0 Å². The monoisotopic (exact) mass is 434 g/mol. The number of unbranched alkanes of at least 4 members (excludes halogenated alkanes) is 17. The third kappa shape index (κ3) is 14.9. The van der Waals surface area contributed by atoms with Gasteiger partial charge in [-0.3, -0.25) is 0 Å². The average molecular weight is 435 g/mol. The second-order valence-electron chi connectivity index (χ2n) is 10.1. The first-order chi connectivity index (χ1) is 15.3. The standard InChI is InChI=1S/C29H58N2/c1-4-7-10-12-14-16-18-20-23-26-31-28-27-30(25-22-9-6-3)29(31)24-21-19-17-15-13-11-8-5-2/h27-29H,4-26H2,1-3H3. The molecule has 1 aliphatic rings. The highest BCUT2D eigenvalue weighted by molar-refractivity contribution is 4.96. The van der Waals surface area contributed by atoms with Crippen molar-refractivity contribution in [2.24, 2.45) is 0 Å². The summed E-state index contributed by atoms with van der Waals surface area (Å²) in [6, 6.07) is 0. The lowest BCUT2D eigenvalue weighted by atomic mass is 10.1. The summed E-state index contributed by atoms with van der Waals surface area (Å²) in [6.45, 7) is 9.44. The van der Waals surface area contributed by atoms with E-state index >= 15 is 0 Å². The molecular weight excluding hydrogens is 376 g/mol. The highest BCUT2D eigenvalue weighted by Gasteiger charge is 2.24. The van der Waals surface area contributed by atoms with E-state index in [1.807, 2.05) is 0 Å². The smallest absolute Gasteiger partial charge is 0.101 e. The van der Waals surface area contributed by atoms with Gasteiger partial charge in [-0.05, 0) is 25.7 Å². The molecule has 1 aliphatic heterocycles. The van der Waals surface area contributed by atoms with E-state index in [9.17, 15) is 0 Å². The van der Waals surface area contributed by atoms with E-state index in [0.717, 1.165) is 0 Å². The van der Waals surface area contributed by atoms with Crippen molar-refractivity contribution in [2.45, 2.75) is 162 Å². The normalized spacial score (nSPS) is 16.0. The topological polar surface area (TPSA) is 6.48 Å². The van der Waals surface area contributed by atoms with Gasteiger partial charge in [0.2, 0.25) is 0 Å². The Labute approximate surface area is 197 Å². The fourth-order valence-corrected chi connectivity index (χ4v) is 4.95.